The van der Waals surface area contributed by atoms with Crippen LogP contribution in [0.5, 0.6) is 0 Å². The van der Waals surface area contributed by atoms with E-state index in [1.165, 1.54) is 5.57 Å². The van der Waals surface area contributed by atoms with E-state index in [0.29, 0.717) is 12.3 Å². The van der Waals surface area contributed by atoms with Crippen molar-refractivity contribution in [2.24, 2.45) is 11.7 Å². The summed E-state index contributed by atoms with van der Waals surface area (Å²) >= 11 is 0. The van der Waals surface area contributed by atoms with Gasteiger partial charge < -0.3 is 11.1 Å². The monoisotopic (exact) mass is 222 g/mol. The van der Waals surface area contributed by atoms with Crippen LogP contribution in [0.1, 0.15) is 33.6 Å². The van der Waals surface area contributed by atoms with E-state index in [2.05, 4.69) is 30.5 Å². The first-order valence-corrected chi connectivity index (χ1v) is 5.91. The van der Waals surface area contributed by atoms with Crippen LogP contribution in [0.4, 0.5) is 0 Å². The first kappa shape index (κ1) is 13.0. The maximum absolute atomic E-state index is 11.3. The third-order valence-corrected chi connectivity index (χ3v) is 2.71. The number of carbonyl (C=O) groups excluding carboxylic acids is 1. The van der Waals surface area contributed by atoms with E-state index in [4.69, 9.17) is 5.73 Å². The molecule has 0 heterocycles. The smallest absolute Gasteiger partial charge is 0.234 e. The highest BCUT2D eigenvalue weighted by molar-refractivity contribution is 5.80. The number of carbonyl (C=O) groups is 1. The lowest BCUT2D eigenvalue weighted by molar-refractivity contribution is -0.120. The van der Waals surface area contributed by atoms with Gasteiger partial charge in [0.1, 0.15) is 0 Å². The molecule has 0 saturated carbocycles. The van der Waals surface area contributed by atoms with Gasteiger partial charge in [-0.25, -0.2) is 0 Å². The van der Waals surface area contributed by atoms with Crippen molar-refractivity contribution in [3.8, 4) is 0 Å². The van der Waals surface area contributed by atoms with Crippen molar-refractivity contribution < 1.29 is 4.79 Å². The Kier molecular flexibility index (Phi) is 4.74. The minimum absolute atomic E-state index is 0.260. The van der Waals surface area contributed by atoms with Crippen LogP contribution in [0.25, 0.3) is 0 Å². The zero-order valence-electron chi connectivity index (χ0n) is 10.4. The first-order chi connectivity index (χ1) is 7.49. The molecule has 1 aliphatic rings. The van der Waals surface area contributed by atoms with Crippen molar-refractivity contribution in [3.05, 3.63) is 23.8 Å². The van der Waals surface area contributed by atoms with Crippen molar-refractivity contribution in [2.45, 2.75) is 45.7 Å². The van der Waals surface area contributed by atoms with Crippen LogP contribution in [0.15, 0.2) is 23.8 Å². The largest absolute Gasteiger partial charge is 0.368 e. The van der Waals surface area contributed by atoms with E-state index in [1.54, 1.807) is 0 Å². The molecule has 0 spiro atoms. The molecule has 0 aromatic heterocycles. The van der Waals surface area contributed by atoms with Gasteiger partial charge in [0, 0.05) is 6.04 Å². The fourth-order valence-electron chi connectivity index (χ4n) is 1.80. The molecule has 1 amide bonds. The summed E-state index contributed by atoms with van der Waals surface area (Å²) in [4.78, 5) is 11.3. The number of hydrogen-bond donors (Lipinski definition) is 2. The average molecular weight is 222 g/mol. The molecule has 0 bridgehead atoms. The van der Waals surface area contributed by atoms with Crippen molar-refractivity contribution in [1.82, 2.24) is 5.32 Å². The van der Waals surface area contributed by atoms with Gasteiger partial charge in [0.25, 0.3) is 0 Å². The van der Waals surface area contributed by atoms with Crippen molar-refractivity contribution in [2.75, 3.05) is 0 Å². The van der Waals surface area contributed by atoms with E-state index in [0.717, 1.165) is 6.42 Å². The first-order valence-electron chi connectivity index (χ1n) is 5.91. The van der Waals surface area contributed by atoms with E-state index >= 15 is 0 Å². The molecule has 0 saturated heterocycles. The van der Waals surface area contributed by atoms with Crippen molar-refractivity contribution in [1.29, 1.82) is 0 Å². The Labute approximate surface area is 97.8 Å². The van der Waals surface area contributed by atoms with Crippen LogP contribution >= 0.6 is 0 Å². The SMILES string of the molecule is CC1C=CC(CC(NC(C)C)C(N)=O)=CC1. The molecule has 0 aliphatic heterocycles. The zero-order chi connectivity index (χ0) is 12.1. The fourth-order valence-corrected chi connectivity index (χ4v) is 1.80. The topological polar surface area (TPSA) is 55.1 Å². The summed E-state index contributed by atoms with van der Waals surface area (Å²) in [6.45, 7) is 6.22. The van der Waals surface area contributed by atoms with Crippen molar-refractivity contribution in [3.63, 3.8) is 0 Å². The molecule has 0 radical (unpaired) electrons. The van der Waals surface area contributed by atoms with Gasteiger partial charge in [-0.2, -0.15) is 0 Å². The molecule has 16 heavy (non-hydrogen) atoms. The van der Waals surface area contributed by atoms with Crippen LogP contribution < -0.4 is 11.1 Å². The van der Waals surface area contributed by atoms with Gasteiger partial charge in [0.05, 0.1) is 6.04 Å². The van der Waals surface area contributed by atoms with Gasteiger partial charge >= 0.3 is 0 Å². The van der Waals surface area contributed by atoms with E-state index in [1.807, 2.05) is 13.8 Å². The molecular weight excluding hydrogens is 200 g/mol. The minimum atomic E-state index is -0.276. The number of nitrogens with one attached hydrogen (secondary N) is 1. The highest BCUT2D eigenvalue weighted by Crippen LogP contribution is 2.19. The minimum Gasteiger partial charge on any atom is -0.368 e. The lowest BCUT2D eigenvalue weighted by Gasteiger charge is -2.20. The molecule has 0 aromatic carbocycles. The Bertz CT molecular complexity index is 305. The summed E-state index contributed by atoms with van der Waals surface area (Å²) in [7, 11) is 0. The van der Waals surface area contributed by atoms with E-state index < -0.39 is 0 Å². The third-order valence-electron chi connectivity index (χ3n) is 2.71. The normalized spacial score (nSPS) is 22.0. The van der Waals surface area contributed by atoms with Crippen LogP contribution in [0.3, 0.4) is 0 Å². The summed E-state index contributed by atoms with van der Waals surface area (Å²) in [6.07, 6.45) is 8.23. The van der Waals surface area contributed by atoms with Gasteiger partial charge in [-0.1, -0.05) is 44.6 Å². The predicted octanol–water partition coefficient (Wildman–Crippen LogP) is 1.75. The molecular formula is C13H22N2O. The zero-order valence-corrected chi connectivity index (χ0v) is 10.4. The molecule has 3 nitrogen and oxygen atoms in total. The Morgan fingerprint density at radius 3 is 2.75 bits per heavy atom. The standard InChI is InChI=1S/C13H22N2O/c1-9(2)15-12(13(14)16)8-11-6-4-10(3)5-7-11/h4,6-7,9-10,12,15H,5,8H2,1-3H3,(H2,14,16). The van der Waals surface area contributed by atoms with Gasteiger partial charge in [-0.15, -0.1) is 0 Å². The number of allylic oxidation sites excluding steroid dienone is 3. The number of rotatable bonds is 5. The summed E-state index contributed by atoms with van der Waals surface area (Å²) < 4.78 is 0. The Hall–Kier alpha value is -1.09. The Morgan fingerprint density at radius 1 is 1.62 bits per heavy atom. The van der Waals surface area contributed by atoms with Gasteiger partial charge in [0.15, 0.2) is 0 Å². The van der Waals surface area contributed by atoms with Crippen LogP contribution in [-0.2, 0) is 4.79 Å². The molecule has 2 atom stereocenters. The highest BCUT2D eigenvalue weighted by Gasteiger charge is 2.17. The number of primary amides is 1. The predicted molar refractivity (Wildman–Crippen MR) is 66.9 cm³/mol. The fraction of sp³-hybridized carbons (Fsp3) is 0.615. The van der Waals surface area contributed by atoms with Crippen LogP contribution in [0.2, 0.25) is 0 Å². The average Bonchev–Trinajstić information content (AvgIpc) is 2.19. The molecule has 0 aromatic rings. The van der Waals surface area contributed by atoms with Crippen LogP contribution in [0, 0.1) is 5.92 Å². The lowest BCUT2D eigenvalue weighted by Crippen LogP contribution is -2.44. The Morgan fingerprint density at radius 2 is 2.31 bits per heavy atom. The second-order valence-electron chi connectivity index (χ2n) is 4.83. The summed E-state index contributed by atoms with van der Waals surface area (Å²) in [6, 6.07) is 0.00824. The van der Waals surface area contributed by atoms with Crippen molar-refractivity contribution >= 4 is 5.91 Å². The second kappa shape index (κ2) is 5.85. The molecule has 0 fully saturated rings. The van der Waals surface area contributed by atoms with Gasteiger partial charge in [-0.05, 0) is 18.8 Å². The third kappa shape index (κ3) is 4.19. The molecule has 1 rings (SSSR count). The maximum atomic E-state index is 11.3. The van der Waals surface area contributed by atoms with Crippen LogP contribution in [-0.4, -0.2) is 18.0 Å². The van der Waals surface area contributed by atoms with E-state index in [9.17, 15) is 4.79 Å². The number of nitrogens with two attached hydrogens (primary N) is 1. The molecule has 3 N–H and O–H groups in total. The molecule has 90 valence electrons. The number of amides is 1. The quantitative estimate of drug-likeness (QED) is 0.744. The highest BCUT2D eigenvalue weighted by atomic mass is 16.1. The van der Waals surface area contributed by atoms with Gasteiger partial charge in [0.2, 0.25) is 5.91 Å². The van der Waals surface area contributed by atoms with Gasteiger partial charge in [-0.3, -0.25) is 4.79 Å². The maximum Gasteiger partial charge on any atom is 0.234 e. The lowest BCUT2D eigenvalue weighted by atomic mass is 9.94. The second-order valence-corrected chi connectivity index (χ2v) is 4.83. The number of hydrogen-bond acceptors (Lipinski definition) is 2. The molecule has 1 aliphatic carbocycles. The Balaban J connectivity index is 2.56. The molecule has 2 unspecified atom stereocenters. The van der Waals surface area contributed by atoms with E-state index in [-0.39, 0.29) is 18.0 Å². The summed E-state index contributed by atoms with van der Waals surface area (Å²) in [5.74, 6) is 0.329. The summed E-state index contributed by atoms with van der Waals surface area (Å²) in [5.41, 5.74) is 6.58. The molecule has 3 heteroatoms. The summed E-state index contributed by atoms with van der Waals surface area (Å²) in [5, 5.41) is 3.19.